The SMILES string of the molecule is O=C(NCC1=CCNCC1)C1CCC1. The normalized spacial score (nSPS) is 22.4. The van der Waals surface area contributed by atoms with E-state index in [0.29, 0.717) is 5.92 Å². The maximum Gasteiger partial charge on any atom is 0.223 e. The third-order valence-electron chi connectivity index (χ3n) is 3.12. The van der Waals surface area contributed by atoms with E-state index in [2.05, 4.69) is 16.7 Å². The molecule has 0 aromatic heterocycles. The Morgan fingerprint density at radius 2 is 2.43 bits per heavy atom. The van der Waals surface area contributed by atoms with E-state index in [4.69, 9.17) is 0 Å². The van der Waals surface area contributed by atoms with Gasteiger partial charge < -0.3 is 10.6 Å². The molecule has 1 amide bonds. The Morgan fingerprint density at radius 3 is 3.00 bits per heavy atom. The van der Waals surface area contributed by atoms with Gasteiger partial charge in [-0.05, 0) is 25.8 Å². The van der Waals surface area contributed by atoms with Crippen molar-refractivity contribution in [3.8, 4) is 0 Å². The number of rotatable bonds is 3. The Balaban J connectivity index is 1.70. The van der Waals surface area contributed by atoms with Crippen LogP contribution in [0.5, 0.6) is 0 Å². The molecule has 1 aliphatic carbocycles. The number of hydrogen-bond acceptors (Lipinski definition) is 2. The van der Waals surface area contributed by atoms with E-state index < -0.39 is 0 Å². The fraction of sp³-hybridized carbons (Fsp3) is 0.727. The summed E-state index contributed by atoms with van der Waals surface area (Å²) in [6.07, 6.45) is 6.67. The molecule has 0 spiro atoms. The van der Waals surface area contributed by atoms with Crippen LogP contribution in [0.3, 0.4) is 0 Å². The minimum absolute atomic E-state index is 0.260. The van der Waals surface area contributed by atoms with E-state index in [1.807, 2.05) is 0 Å². The van der Waals surface area contributed by atoms with Crippen LogP contribution in [0, 0.1) is 5.92 Å². The van der Waals surface area contributed by atoms with Crippen molar-refractivity contribution in [1.29, 1.82) is 0 Å². The Labute approximate surface area is 84.9 Å². The summed E-state index contributed by atoms with van der Waals surface area (Å²) in [5.74, 6) is 0.577. The molecule has 3 nitrogen and oxygen atoms in total. The van der Waals surface area contributed by atoms with Gasteiger partial charge in [-0.25, -0.2) is 0 Å². The highest BCUT2D eigenvalue weighted by molar-refractivity contribution is 5.79. The van der Waals surface area contributed by atoms with Crippen LogP contribution < -0.4 is 10.6 Å². The molecular formula is C11H18N2O. The Hall–Kier alpha value is -0.830. The van der Waals surface area contributed by atoms with Crippen LogP contribution in [0.15, 0.2) is 11.6 Å². The molecule has 2 rings (SSSR count). The van der Waals surface area contributed by atoms with Crippen LogP contribution in [-0.2, 0) is 4.79 Å². The number of hydrogen-bond donors (Lipinski definition) is 2. The summed E-state index contributed by atoms with van der Waals surface area (Å²) in [6, 6.07) is 0. The van der Waals surface area contributed by atoms with Crippen molar-refractivity contribution in [2.45, 2.75) is 25.7 Å². The summed E-state index contributed by atoms with van der Waals surface area (Å²) in [5, 5.41) is 6.28. The Morgan fingerprint density at radius 1 is 1.57 bits per heavy atom. The van der Waals surface area contributed by atoms with Crippen LogP contribution >= 0.6 is 0 Å². The largest absolute Gasteiger partial charge is 0.352 e. The molecule has 0 aromatic carbocycles. The van der Waals surface area contributed by atoms with Gasteiger partial charge in [0.15, 0.2) is 0 Å². The molecule has 0 atom stereocenters. The van der Waals surface area contributed by atoms with Crippen molar-refractivity contribution < 1.29 is 4.79 Å². The number of carbonyl (C=O) groups excluding carboxylic acids is 1. The highest BCUT2D eigenvalue weighted by Crippen LogP contribution is 2.26. The molecule has 1 fully saturated rings. The van der Waals surface area contributed by atoms with E-state index in [1.54, 1.807) is 0 Å². The second kappa shape index (κ2) is 4.60. The third kappa shape index (κ3) is 2.35. The number of amides is 1. The molecule has 1 heterocycles. The predicted molar refractivity (Wildman–Crippen MR) is 55.9 cm³/mol. The molecule has 78 valence electrons. The quantitative estimate of drug-likeness (QED) is 0.653. The second-order valence-corrected chi connectivity index (χ2v) is 4.16. The minimum atomic E-state index is 0.260. The zero-order valence-electron chi connectivity index (χ0n) is 8.51. The Bertz CT molecular complexity index is 244. The molecule has 0 radical (unpaired) electrons. The molecule has 2 aliphatic rings. The van der Waals surface area contributed by atoms with Gasteiger partial charge in [-0.3, -0.25) is 4.79 Å². The van der Waals surface area contributed by atoms with Crippen LogP contribution in [0.25, 0.3) is 0 Å². The minimum Gasteiger partial charge on any atom is -0.352 e. The van der Waals surface area contributed by atoms with Crippen LogP contribution in [-0.4, -0.2) is 25.5 Å². The maximum absolute atomic E-state index is 11.5. The van der Waals surface area contributed by atoms with Crippen molar-refractivity contribution >= 4 is 5.91 Å². The lowest BCUT2D eigenvalue weighted by molar-refractivity contribution is -0.127. The fourth-order valence-corrected chi connectivity index (χ4v) is 1.85. The van der Waals surface area contributed by atoms with Crippen molar-refractivity contribution in [1.82, 2.24) is 10.6 Å². The van der Waals surface area contributed by atoms with Crippen molar-refractivity contribution in [2.24, 2.45) is 5.92 Å². The van der Waals surface area contributed by atoms with E-state index in [1.165, 1.54) is 12.0 Å². The first kappa shape index (κ1) is 9.71. The lowest BCUT2D eigenvalue weighted by Gasteiger charge is -2.24. The average molecular weight is 194 g/mol. The van der Waals surface area contributed by atoms with Gasteiger partial charge in [-0.15, -0.1) is 0 Å². The molecule has 0 aromatic rings. The molecule has 0 bridgehead atoms. The van der Waals surface area contributed by atoms with E-state index in [9.17, 15) is 4.79 Å². The summed E-state index contributed by atoms with van der Waals surface area (Å²) in [7, 11) is 0. The first-order chi connectivity index (χ1) is 6.86. The van der Waals surface area contributed by atoms with Crippen molar-refractivity contribution in [3.05, 3.63) is 11.6 Å². The smallest absolute Gasteiger partial charge is 0.223 e. The van der Waals surface area contributed by atoms with Gasteiger partial charge in [0.25, 0.3) is 0 Å². The molecule has 1 saturated carbocycles. The summed E-state index contributed by atoms with van der Waals surface area (Å²) < 4.78 is 0. The van der Waals surface area contributed by atoms with Gasteiger partial charge >= 0.3 is 0 Å². The number of carbonyl (C=O) groups is 1. The van der Waals surface area contributed by atoms with Gasteiger partial charge in [0, 0.05) is 19.0 Å². The standard InChI is InChI=1S/C11H18N2O/c14-11(10-2-1-3-10)13-8-9-4-6-12-7-5-9/h4,10,12H,1-3,5-8H2,(H,13,14). The van der Waals surface area contributed by atoms with Crippen molar-refractivity contribution in [2.75, 3.05) is 19.6 Å². The van der Waals surface area contributed by atoms with Crippen LogP contribution in [0.1, 0.15) is 25.7 Å². The summed E-state index contributed by atoms with van der Waals surface area (Å²) in [5.41, 5.74) is 1.37. The highest BCUT2D eigenvalue weighted by atomic mass is 16.1. The Kier molecular flexibility index (Phi) is 3.19. The zero-order chi connectivity index (χ0) is 9.80. The average Bonchev–Trinajstić information content (AvgIpc) is 2.14. The lowest BCUT2D eigenvalue weighted by atomic mass is 9.85. The molecule has 1 aliphatic heterocycles. The topological polar surface area (TPSA) is 41.1 Å². The molecule has 3 heteroatoms. The third-order valence-corrected chi connectivity index (χ3v) is 3.12. The van der Waals surface area contributed by atoms with Crippen LogP contribution in [0.4, 0.5) is 0 Å². The van der Waals surface area contributed by atoms with Crippen molar-refractivity contribution in [3.63, 3.8) is 0 Å². The summed E-state index contributed by atoms with van der Waals surface area (Å²) in [6.45, 7) is 2.76. The van der Waals surface area contributed by atoms with E-state index in [0.717, 1.165) is 38.9 Å². The van der Waals surface area contributed by atoms with E-state index >= 15 is 0 Å². The molecule has 2 N–H and O–H groups in total. The summed E-state index contributed by atoms with van der Waals surface area (Å²) >= 11 is 0. The maximum atomic E-state index is 11.5. The van der Waals surface area contributed by atoms with Gasteiger partial charge in [-0.1, -0.05) is 18.1 Å². The van der Waals surface area contributed by atoms with Gasteiger partial charge in [0.2, 0.25) is 5.91 Å². The zero-order valence-corrected chi connectivity index (χ0v) is 8.51. The second-order valence-electron chi connectivity index (χ2n) is 4.16. The fourth-order valence-electron chi connectivity index (χ4n) is 1.85. The monoisotopic (exact) mass is 194 g/mol. The van der Waals surface area contributed by atoms with Crippen LogP contribution in [0.2, 0.25) is 0 Å². The molecule has 0 saturated heterocycles. The predicted octanol–water partition coefficient (Wildman–Crippen LogP) is 0.822. The van der Waals surface area contributed by atoms with Gasteiger partial charge in [0.1, 0.15) is 0 Å². The van der Waals surface area contributed by atoms with Gasteiger partial charge in [-0.2, -0.15) is 0 Å². The summed E-state index contributed by atoms with van der Waals surface area (Å²) in [4.78, 5) is 11.5. The van der Waals surface area contributed by atoms with Gasteiger partial charge in [0.05, 0.1) is 0 Å². The molecule has 0 unspecified atom stereocenters. The molecular weight excluding hydrogens is 176 g/mol. The van der Waals surface area contributed by atoms with E-state index in [-0.39, 0.29) is 5.91 Å². The highest BCUT2D eigenvalue weighted by Gasteiger charge is 2.24. The first-order valence-electron chi connectivity index (χ1n) is 5.52. The number of nitrogens with one attached hydrogen (secondary N) is 2. The lowest BCUT2D eigenvalue weighted by Crippen LogP contribution is -2.36. The first-order valence-corrected chi connectivity index (χ1v) is 5.52. The molecule has 14 heavy (non-hydrogen) atoms.